The van der Waals surface area contributed by atoms with E-state index in [0.29, 0.717) is 38.7 Å². The first-order valence-corrected chi connectivity index (χ1v) is 13.1. The lowest BCUT2D eigenvalue weighted by atomic mass is 9.99. The van der Waals surface area contributed by atoms with E-state index in [9.17, 15) is 9.59 Å². The van der Waals surface area contributed by atoms with E-state index in [-0.39, 0.29) is 11.5 Å². The molecule has 0 atom stereocenters. The van der Waals surface area contributed by atoms with Gasteiger partial charge in [-0.3, -0.25) is 18.9 Å². The maximum atomic E-state index is 13.6. The molecule has 4 rings (SSSR count). The van der Waals surface area contributed by atoms with Crippen molar-refractivity contribution in [2.24, 2.45) is 5.92 Å². The molecule has 0 spiro atoms. The number of fused-ring (bicyclic) bond motifs is 1. The van der Waals surface area contributed by atoms with E-state index in [1.165, 1.54) is 11.8 Å². The third-order valence-corrected chi connectivity index (χ3v) is 7.83. The highest BCUT2D eigenvalue weighted by Gasteiger charge is 2.32. The number of piperidine rings is 1. The van der Waals surface area contributed by atoms with Gasteiger partial charge < -0.3 is 4.90 Å². The molecule has 176 valence electrons. The summed E-state index contributed by atoms with van der Waals surface area (Å²) < 4.78 is 2.16. The number of aromatic nitrogens is 2. The minimum atomic E-state index is -0.148. The second-order valence-corrected chi connectivity index (χ2v) is 10.8. The molecular formula is C25H32N4O2S2. The maximum absolute atomic E-state index is 13.6. The van der Waals surface area contributed by atoms with Crippen LogP contribution >= 0.6 is 24.0 Å². The Morgan fingerprint density at radius 2 is 1.94 bits per heavy atom. The van der Waals surface area contributed by atoms with E-state index in [2.05, 4.69) is 18.7 Å². The van der Waals surface area contributed by atoms with Gasteiger partial charge in [0.25, 0.3) is 11.5 Å². The van der Waals surface area contributed by atoms with Gasteiger partial charge in [-0.15, -0.1) is 0 Å². The van der Waals surface area contributed by atoms with Gasteiger partial charge in [-0.05, 0) is 49.8 Å². The molecule has 0 bridgehead atoms. The Bertz CT molecular complexity index is 1150. The molecule has 2 saturated heterocycles. The second kappa shape index (κ2) is 10.4. The van der Waals surface area contributed by atoms with Crippen LogP contribution in [-0.4, -0.2) is 44.1 Å². The monoisotopic (exact) mass is 484 g/mol. The van der Waals surface area contributed by atoms with Crippen LogP contribution in [-0.2, 0) is 4.79 Å². The summed E-state index contributed by atoms with van der Waals surface area (Å²) in [4.78, 5) is 36.0. The Kier molecular flexibility index (Phi) is 7.54. The number of hydrogen-bond donors (Lipinski definition) is 0. The smallest absolute Gasteiger partial charge is 0.267 e. The van der Waals surface area contributed by atoms with Crippen molar-refractivity contribution in [1.82, 2.24) is 14.3 Å². The van der Waals surface area contributed by atoms with Gasteiger partial charge in [0.2, 0.25) is 0 Å². The van der Waals surface area contributed by atoms with Crippen LogP contribution in [0.2, 0.25) is 0 Å². The van der Waals surface area contributed by atoms with E-state index >= 15 is 0 Å². The first kappa shape index (κ1) is 24.0. The Morgan fingerprint density at radius 1 is 1.18 bits per heavy atom. The first-order valence-electron chi connectivity index (χ1n) is 11.9. The van der Waals surface area contributed by atoms with Crippen molar-refractivity contribution in [2.45, 2.75) is 59.3 Å². The summed E-state index contributed by atoms with van der Waals surface area (Å²) >= 11 is 6.79. The van der Waals surface area contributed by atoms with Gasteiger partial charge in [0.05, 0.1) is 10.5 Å². The lowest BCUT2D eigenvalue weighted by Crippen LogP contribution is -2.36. The van der Waals surface area contributed by atoms with Gasteiger partial charge in [0, 0.05) is 25.8 Å². The fourth-order valence-corrected chi connectivity index (χ4v) is 5.65. The van der Waals surface area contributed by atoms with E-state index in [1.807, 2.05) is 25.3 Å². The number of amides is 1. The van der Waals surface area contributed by atoms with Crippen molar-refractivity contribution in [1.29, 1.82) is 0 Å². The number of anilines is 1. The van der Waals surface area contributed by atoms with Crippen molar-refractivity contribution < 1.29 is 4.79 Å². The van der Waals surface area contributed by atoms with Crippen LogP contribution < -0.4 is 10.5 Å². The zero-order valence-corrected chi connectivity index (χ0v) is 21.3. The second-order valence-electron chi connectivity index (χ2n) is 9.15. The van der Waals surface area contributed by atoms with Crippen LogP contribution in [0.5, 0.6) is 0 Å². The summed E-state index contributed by atoms with van der Waals surface area (Å²) in [6.07, 6.45) is 9.98. The summed E-state index contributed by atoms with van der Waals surface area (Å²) in [5.74, 6) is 1.23. The lowest BCUT2D eigenvalue weighted by Gasteiger charge is -2.32. The molecule has 4 heterocycles. The number of thiocarbonyl (C=S) groups is 1. The number of unbranched alkanes of at least 4 members (excludes halogenated alkanes) is 3. The summed E-state index contributed by atoms with van der Waals surface area (Å²) in [6, 6.07) is 3.85. The predicted molar refractivity (Wildman–Crippen MR) is 141 cm³/mol. The van der Waals surface area contributed by atoms with Crippen LogP contribution in [0.25, 0.3) is 11.7 Å². The summed E-state index contributed by atoms with van der Waals surface area (Å²) in [7, 11) is 0. The topological polar surface area (TPSA) is 57.9 Å². The van der Waals surface area contributed by atoms with Gasteiger partial charge in [-0.1, -0.05) is 63.2 Å². The maximum Gasteiger partial charge on any atom is 0.267 e. The highest BCUT2D eigenvalue weighted by molar-refractivity contribution is 8.26. The van der Waals surface area contributed by atoms with Crippen molar-refractivity contribution in [2.75, 3.05) is 24.5 Å². The zero-order chi connectivity index (χ0) is 23.5. The fraction of sp³-hybridized carbons (Fsp3) is 0.520. The Hall–Kier alpha value is -2.19. The Balaban J connectivity index is 1.72. The highest BCUT2D eigenvalue weighted by atomic mass is 32.2. The average Bonchev–Trinajstić information content (AvgIpc) is 3.06. The van der Waals surface area contributed by atoms with Crippen LogP contribution in [0.1, 0.15) is 63.5 Å². The van der Waals surface area contributed by atoms with Crippen molar-refractivity contribution in [3.63, 3.8) is 0 Å². The number of carbonyl (C=O) groups excluding carboxylic acids is 1. The molecule has 2 aromatic rings. The zero-order valence-electron chi connectivity index (χ0n) is 19.7. The quantitative estimate of drug-likeness (QED) is 0.312. The van der Waals surface area contributed by atoms with Crippen LogP contribution in [0, 0.1) is 12.8 Å². The molecular weight excluding hydrogens is 452 g/mol. The standard InChI is InChI=1S/C25H32N4O2S2/c1-4-5-6-7-12-28-24(31)20(33-25(28)32)15-19-22(27-13-10-17(2)11-14-27)26-21-9-8-18(3)16-29(21)23(19)30/h8-9,15-17H,4-7,10-14H2,1-3H3. The number of rotatable bonds is 7. The van der Waals surface area contributed by atoms with Crippen molar-refractivity contribution in [3.05, 3.63) is 44.7 Å². The Morgan fingerprint density at radius 3 is 2.67 bits per heavy atom. The molecule has 2 aromatic heterocycles. The van der Waals surface area contributed by atoms with Gasteiger partial charge in [-0.25, -0.2) is 4.98 Å². The SMILES string of the molecule is CCCCCCN1C(=O)C(=Cc2c(N3CCC(C)CC3)nc3ccc(C)cn3c2=O)SC1=S. The van der Waals surface area contributed by atoms with Crippen LogP contribution in [0.3, 0.4) is 0 Å². The molecule has 6 nitrogen and oxygen atoms in total. The van der Waals surface area contributed by atoms with E-state index in [4.69, 9.17) is 17.2 Å². The molecule has 2 aliphatic rings. The minimum absolute atomic E-state index is 0.103. The van der Waals surface area contributed by atoms with Gasteiger partial charge >= 0.3 is 0 Å². The molecule has 8 heteroatoms. The van der Waals surface area contributed by atoms with Crippen LogP contribution in [0.15, 0.2) is 28.0 Å². The molecule has 0 unspecified atom stereocenters. The molecule has 0 radical (unpaired) electrons. The summed E-state index contributed by atoms with van der Waals surface area (Å²) in [6.45, 7) is 8.72. The lowest BCUT2D eigenvalue weighted by molar-refractivity contribution is -0.122. The molecule has 0 aliphatic carbocycles. The molecule has 0 N–H and O–H groups in total. The third-order valence-electron chi connectivity index (χ3n) is 6.45. The van der Waals surface area contributed by atoms with Crippen molar-refractivity contribution >= 4 is 51.7 Å². The van der Waals surface area contributed by atoms with Gasteiger partial charge in [0.1, 0.15) is 15.8 Å². The number of thioether (sulfide) groups is 1. The van der Waals surface area contributed by atoms with E-state index in [1.54, 1.807) is 15.4 Å². The average molecular weight is 485 g/mol. The first-order chi connectivity index (χ1) is 15.9. The Labute approximate surface area is 205 Å². The summed E-state index contributed by atoms with van der Waals surface area (Å²) in [5.41, 5.74) is 1.93. The summed E-state index contributed by atoms with van der Waals surface area (Å²) in [5, 5.41) is 0. The van der Waals surface area contributed by atoms with Crippen molar-refractivity contribution in [3.8, 4) is 0 Å². The largest absolute Gasteiger partial charge is 0.356 e. The fourth-order valence-electron chi connectivity index (χ4n) is 4.36. The number of nitrogens with zero attached hydrogens (tertiary/aromatic N) is 4. The van der Waals surface area contributed by atoms with Crippen LogP contribution in [0.4, 0.5) is 5.82 Å². The highest BCUT2D eigenvalue weighted by Crippen LogP contribution is 2.34. The predicted octanol–water partition coefficient (Wildman–Crippen LogP) is 5.02. The third kappa shape index (κ3) is 5.17. The van der Waals surface area contributed by atoms with Gasteiger partial charge in [0.15, 0.2) is 0 Å². The molecule has 33 heavy (non-hydrogen) atoms. The normalized spacial score (nSPS) is 18.8. The number of pyridine rings is 1. The van der Waals surface area contributed by atoms with E-state index in [0.717, 1.165) is 57.2 Å². The molecule has 0 aromatic carbocycles. The van der Waals surface area contributed by atoms with Gasteiger partial charge in [-0.2, -0.15) is 0 Å². The molecule has 0 saturated carbocycles. The molecule has 2 fully saturated rings. The number of aryl methyl sites for hydroxylation is 1. The minimum Gasteiger partial charge on any atom is -0.356 e. The number of carbonyl (C=O) groups is 1. The number of hydrogen-bond acceptors (Lipinski definition) is 6. The molecule has 2 aliphatic heterocycles. The molecule has 1 amide bonds. The van der Waals surface area contributed by atoms with E-state index < -0.39 is 0 Å².